The normalized spacial score (nSPS) is 20.5. The first-order valence-corrected chi connectivity index (χ1v) is 16.8. The molecule has 244 valence electrons. The summed E-state index contributed by atoms with van der Waals surface area (Å²) in [6.45, 7) is 3.46. The molecule has 4 atom stereocenters. The molecule has 10 nitrogen and oxygen atoms in total. The van der Waals surface area contributed by atoms with Crippen LogP contribution in [0.2, 0.25) is 0 Å². The summed E-state index contributed by atoms with van der Waals surface area (Å²) in [5, 5.41) is 36.7. The van der Waals surface area contributed by atoms with Crippen molar-refractivity contribution in [3.8, 4) is 0 Å². The van der Waals surface area contributed by atoms with E-state index in [9.17, 15) is 19.8 Å². The van der Waals surface area contributed by atoms with Crippen LogP contribution in [0.1, 0.15) is 54.5 Å². The van der Waals surface area contributed by atoms with Crippen molar-refractivity contribution in [1.29, 1.82) is 0 Å². The lowest BCUT2D eigenvalue weighted by molar-refractivity contribution is -0.139. The zero-order valence-electron chi connectivity index (χ0n) is 26.2. The molecule has 4 N–H and O–H groups in total. The molecule has 2 aliphatic heterocycles. The third-order valence-corrected chi connectivity index (χ3v) is 9.57. The lowest BCUT2D eigenvalue weighted by Crippen LogP contribution is -2.44. The lowest BCUT2D eigenvalue weighted by atomic mass is 9.83. The Labute approximate surface area is 282 Å². The molecule has 2 aliphatic rings. The van der Waals surface area contributed by atoms with E-state index in [4.69, 9.17) is 0 Å². The zero-order valence-corrected chi connectivity index (χ0v) is 27.8. The molecule has 0 radical (unpaired) electrons. The summed E-state index contributed by atoms with van der Waals surface area (Å²) in [6.07, 6.45) is 8.11. The topological polar surface area (TPSA) is 133 Å². The number of aliphatic hydroxyl groups excluding tert-OH is 1. The van der Waals surface area contributed by atoms with Gasteiger partial charge in [-0.3, -0.25) is 14.3 Å². The number of nitrogens with zero attached hydrogens (tertiary/aromatic N) is 4. The SMILES string of the molecule is C[C@H](/C=C/CCn1cc(C(CO)c2ccccc2)nn1)[C@@]1(O)C(=O)N(Cc2ccc(NC(=O)[C@H]3CCCN3)cc2)c2ccc(Br)cc21. The standard InChI is InChI=1S/C36H39BrN6O4/c1-24(8-5-6-19-42-22-32(40-41-42)29(23-44)26-9-3-2-4-10-26)36(47)30-20-27(37)14-17-33(30)43(35(36)46)21-25-12-15-28(16-13-25)39-34(45)31-11-7-18-38-31/h2-5,8-10,12-17,20,22,24,29,31,38,44,47H,6-7,11,18-19,21,23H2,1H3,(H,39,45)/b8-5+/t24-,29?,31-,36+/m1/s1. The van der Waals surface area contributed by atoms with E-state index in [1.165, 1.54) is 0 Å². The van der Waals surface area contributed by atoms with Gasteiger partial charge in [-0.25, -0.2) is 0 Å². The number of aryl methyl sites for hydroxylation is 1. The van der Waals surface area contributed by atoms with Gasteiger partial charge in [0.2, 0.25) is 5.91 Å². The number of hydrogen-bond acceptors (Lipinski definition) is 7. The van der Waals surface area contributed by atoms with Crippen molar-refractivity contribution >= 4 is 39.1 Å². The van der Waals surface area contributed by atoms with Gasteiger partial charge in [0.25, 0.3) is 5.91 Å². The first kappa shape index (κ1) is 32.8. The van der Waals surface area contributed by atoms with Crippen LogP contribution in [0.15, 0.2) is 95.6 Å². The van der Waals surface area contributed by atoms with Crippen LogP contribution < -0.4 is 15.5 Å². The van der Waals surface area contributed by atoms with Gasteiger partial charge >= 0.3 is 0 Å². The van der Waals surface area contributed by atoms with Crippen molar-refractivity contribution in [2.45, 2.75) is 56.8 Å². The molecular weight excluding hydrogens is 660 g/mol. The third-order valence-electron chi connectivity index (χ3n) is 9.08. The van der Waals surface area contributed by atoms with Gasteiger partial charge < -0.3 is 25.7 Å². The number of fused-ring (bicyclic) bond motifs is 1. The molecule has 0 bridgehead atoms. The van der Waals surface area contributed by atoms with Crippen LogP contribution in [0.25, 0.3) is 0 Å². The molecule has 11 heteroatoms. The molecule has 0 saturated carbocycles. The molecule has 1 fully saturated rings. The monoisotopic (exact) mass is 698 g/mol. The Morgan fingerprint density at radius 3 is 2.68 bits per heavy atom. The molecule has 1 unspecified atom stereocenters. The maximum atomic E-state index is 14.0. The van der Waals surface area contributed by atoms with Gasteiger partial charge in [-0.15, -0.1) is 5.10 Å². The van der Waals surface area contributed by atoms with Crippen molar-refractivity contribution in [3.63, 3.8) is 0 Å². The Kier molecular flexibility index (Phi) is 9.97. The second-order valence-corrected chi connectivity index (χ2v) is 13.1. The number of benzene rings is 3. The lowest BCUT2D eigenvalue weighted by Gasteiger charge is -2.27. The number of allylic oxidation sites excluding steroid dienone is 1. The van der Waals surface area contributed by atoms with E-state index in [1.54, 1.807) is 9.58 Å². The highest BCUT2D eigenvalue weighted by atomic mass is 79.9. The van der Waals surface area contributed by atoms with Crippen LogP contribution in [-0.4, -0.2) is 56.2 Å². The van der Waals surface area contributed by atoms with Gasteiger partial charge in [0.15, 0.2) is 5.60 Å². The summed E-state index contributed by atoms with van der Waals surface area (Å²) in [4.78, 5) is 28.1. The van der Waals surface area contributed by atoms with Crippen LogP contribution in [0, 0.1) is 5.92 Å². The summed E-state index contributed by atoms with van der Waals surface area (Å²) < 4.78 is 2.51. The summed E-state index contributed by atoms with van der Waals surface area (Å²) >= 11 is 3.52. The molecule has 3 heterocycles. The minimum absolute atomic E-state index is 0.0407. The Balaban J connectivity index is 1.11. The first-order chi connectivity index (χ1) is 22.8. The predicted octanol–water partition coefficient (Wildman–Crippen LogP) is 4.87. The fourth-order valence-electron chi connectivity index (χ4n) is 6.37. The number of halogens is 1. The van der Waals surface area contributed by atoms with E-state index >= 15 is 0 Å². The van der Waals surface area contributed by atoms with E-state index < -0.39 is 11.5 Å². The van der Waals surface area contributed by atoms with Gasteiger partial charge in [0.05, 0.1) is 36.5 Å². The minimum atomic E-state index is -1.75. The van der Waals surface area contributed by atoms with Crippen LogP contribution in [0.3, 0.4) is 0 Å². The molecule has 1 saturated heterocycles. The van der Waals surface area contributed by atoms with Crippen molar-refractivity contribution in [2.24, 2.45) is 5.92 Å². The maximum absolute atomic E-state index is 14.0. The number of nitrogens with one attached hydrogen (secondary N) is 2. The van der Waals surface area contributed by atoms with Gasteiger partial charge in [-0.1, -0.05) is 82.7 Å². The van der Waals surface area contributed by atoms with E-state index in [0.717, 1.165) is 35.0 Å². The predicted molar refractivity (Wildman–Crippen MR) is 184 cm³/mol. The number of anilines is 2. The third kappa shape index (κ3) is 6.94. The van der Waals surface area contributed by atoms with Gasteiger partial charge in [0, 0.05) is 34.4 Å². The number of amides is 2. The van der Waals surface area contributed by atoms with Crippen LogP contribution >= 0.6 is 15.9 Å². The van der Waals surface area contributed by atoms with Gasteiger partial charge in [0.1, 0.15) is 0 Å². The number of carbonyl (C=O) groups excluding carboxylic acids is 2. The van der Waals surface area contributed by atoms with Gasteiger partial charge in [-0.05, 0) is 67.3 Å². The molecule has 0 spiro atoms. The summed E-state index contributed by atoms with van der Waals surface area (Å²) in [6, 6.07) is 22.6. The molecule has 3 aromatic carbocycles. The van der Waals surface area contributed by atoms with Crippen LogP contribution in [0.5, 0.6) is 0 Å². The van der Waals surface area contributed by atoms with Crippen LogP contribution in [0.4, 0.5) is 11.4 Å². The van der Waals surface area contributed by atoms with Crippen molar-refractivity contribution in [1.82, 2.24) is 20.3 Å². The summed E-state index contributed by atoms with van der Waals surface area (Å²) in [5.41, 5.74) is 2.72. The largest absolute Gasteiger partial charge is 0.395 e. The molecule has 4 aromatic rings. The van der Waals surface area contributed by atoms with Crippen LogP contribution in [-0.2, 0) is 28.3 Å². The summed E-state index contributed by atoms with van der Waals surface area (Å²) in [7, 11) is 0. The van der Waals surface area contributed by atoms with E-state index in [0.29, 0.717) is 35.6 Å². The number of carbonyl (C=O) groups is 2. The van der Waals surface area contributed by atoms with Crippen molar-refractivity contribution in [2.75, 3.05) is 23.4 Å². The fraction of sp³-hybridized carbons (Fsp3) is 0.333. The average Bonchev–Trinajstić information content (AvgIpc) is 3.83. The molecule has 1 aromatic heterocycles. The number of aromatic nitrogens is 3. The fourth-order valence-corrected chi connectivity index (χ4v) is 6.73. The highest BCUT2D eigenvalue weighted by molar-refractivity contribution is 9.10. The molecule has 2 amide bonds. The average molecular weight is 700 g/mol. The van der Waals surface area contributed by atoms with Crippen molar-refractivity contribution in [3.05, 3.63) is 118 Å². The van der Waals surface area contributed by atoms with E-state index in [2.05, 4.69) is 36.9 Å². The highest BCUT2D eigenvalue weighted by Gasteiger charge is 2.52. The maximum Gasteiger partial charge on any atom is 0.264 e. The zero-order chi connectivity index (χ0) is 33.0. The second-order valence-electron chi connectivity index (χ2n) is 12.2. The molecule has 6 rings (SSSR count). The van der Waals surface area contributed by atoms with E-state index in [1.807, 2.05) is 98.1 Å². The smallest absolute Gasteiger partial charge is 0.264 e. The Hall–Kier alpha value is -4.16. The minimum Gasteiger partial charge on any atom is -0.395 e. The summed E-state index contributed by atoms with van der Waals surface area (Å²) in [5.74, 6) is -1.19. The van der Waals surface area contributed by atoms with E-state index in [-0.39, 0.29) is 36.9 Å². The number of hydrogen-bond donors (Lipinski definition) is 4. The first-order valence-electron chi connectivity index (χ1n) is 16.0. The quantitative estimate of drug-likeness (QED) is 0.155. The van der Waals surface area contributed by atoms with Gasteiger partial charge in [-0.2, -0.15) is 0 Å². The Morgan fingerprint density at radius 2 is 1.96 bits per heavy atom. The van der Waals surface area contributed by atoms with Crippen molar-refractivity contribution < 1.29 is 19.8 Å². The number of rotatable bonds is 12. The highest BCUT2D eigenvalue weighted by Crippen LogP contribution is 2.46. The molecular formula is C36H39BrN6O4. The number of aliphatic hydroxyl groups is 2. The Morgan fingerprint density at radius 1 is 1.17 bits per heavy atom. The molecule has 47 heavy (non-hydrogen) atoms. The Bertz CT molecular complexity index is 1740. The second kappa shape index (κ2) is 14.3. The molecule has 0 aliphatic carbocycles.